The molecule has 0 spiro atoms. The molecule has 1 heterocycles. The molecule has 0 radical (unpaired) electrons. The number of fused-ring (bicyclic) bond motifs is 1. The molecule has 1 aliphatic heterocycles. The molecule has 162 valence electrons. The van der Waals surface area contributed by atoms with Gasteiger partial charge in [0.2, 0.25) is 0 Å². The third-order valence-electron chi connectivity index (χ3n) is 6.04. The molecule has 2 amide bonds. The molecular weight excluding hydrogens is 400 g/mol. The van der Waals surface area contributed by atoms with Gasteiger partial charge in [0.15, 0.2) is 6.10 Å². The Kier molecular flexibility index (Phi) is 5.39. The molecule has 3 aromatic rings. The molecule has 1 fully saturated rings. The summed E-state index contributed by atoms with van der Waals surface area (Å²) in [6, 6.07) is 23.5. The Morgan fingerprint density at radius 1 is 1.00 bits per heavy atom. The molecule has 0 saturated heterocycles. The first-order valence-electron chi connectivity index (χ1n) is 11.1. The highest BCUT2D eigenvalue weighted by Crippen LogP contribution is 2.31. The fraction of sp³-hybridized carbons (Fsp3) is 0.259. The minimum atomic E-state index is -0.559. The van der Waals surface area contributed by atoms with Crippen molar-refractivity contribution < 1.29 is 14.3 Å². The third-order valence-corrected chi connectivity index (χ3v) is 6.04. The van der Waals surface area contributed by atoms with E-state index in [1.165, 1.54) is 5.56 Å². The molecule has 5 rings (SSSR count). The van der Waals surface area contributed by atoms with Crippen molar-refractivity contribution in [3.05, 3.63) is 95.1 Å². The molecule has 1 unspecified atom stereocenters. The summed E-state index contributed by atoms with van der Waals surface area (Å²) < 4.78 is 5.78. The number of anilines is 1. The predicted molar refractivity (Wildman–Crippen MR) is 124 cm³/mol. The maximum absolute atomic E-state index is 13.3. The summed E-state index contributed by atoms with van der Waals surface area (Å²) >= 11 is 0. The molecule has 0 bridgehead atoms. The smallest absolute Gasteiger partial charge is 0.265 e. The summed E-state index contributed by atoms with van der Waals surface area (Å²) in [5.74, 6) is 0.547. The summed E-state index contributed by atoms with van der Waals surface area (Å²) in [6.07, 6.45) is 2.06. The molecule has 1 saturated carbocycles. The van der Waals surface area contributed by atoms with Crippen LogP contribution in [0.4, 0.5) is 5.69 Å². The molecule has 5 heteroatoms. The van der Waals surface area contributed by atoms with Crippen LogP contribution < -0.4 is 10.1 Å². The van der Waals surface area contributed by atoms with Crippen LogP contribution in [0.5, 0.6) is 5.75 Å². The zero-order chi connectivity index (χ0) is 22.1. The number of amides is 2. The van der Waals surface area contributed by atoms with Gasteiger partial charge in [0.1, 0.15) is 5.75 Å². The summed E-state index contributed by atoms with van der Waals surface area (Å²) in [7, 11) is 0. The Morgan fingerprint density at radius 3 is 2.53 bits per heavy atom. The second kappa shape index (κ2) is 8.50. The van der Waals surface area contributed by atoms with Crippen molar-refractivity contribution in [2.45, 2.75) is 44.9 Å². The van der Waals surface area contributed by atoms with Crippen LogP contribution in [-0.4, -0.2) is 28.9 Å². The lowest BCUT2D eigenvalue weighted by Gasteiger charge is -2.23. The fourth-order valence-electron chi connectivity index (χ4n) is 4.09. The third kappa shape index (κ3) is 4.37. The number of ether oxygens (including phenoxy) is 1. The summed E-state index contributed by atoms with van der Waals surface area (Å²) in [5.41, 5.74) is 4.55. The van der Waals surface area contributed by atoms with Crippen LogP contribution >= 0.6 is 0 Å². The van der Waals surface area contributed by atoms with Crippen LogP contribution in [-0.2, 0) is 17.8 Å². The van der Waals surface area contributed by atoms with Crippen molar-refractivity contribution in [1.82, 2.24) is 4.90 Å². The number of carbonyl (C=O) groups is 2. The number of aryl methyl sites for hydroxylation is 1. The SMILES string of the molecule is Cc1ccc(CN(C(=O)c2cccc(NC(=O)C3Cc4ccccc4O3)c2)C2CC2)cc1. The van der Waals surface area contributed by atoms with Gasteiger partial charge >= 0.3 is 0 Å². The number of nitrogens with one attached hydrogen (secondary N) is 1. The zero-order valence-corrected chi connectivity index (χ0v) is 18.1. The van der Waals surface area contributed by atoms with Crippen LogP contribution in [0.3, 0.4) is 0 Å². The minimum absolute atomic E-state index is 0.00584. The van der Waals surface area contributed by atoms with Gasteiger partial charge in [0.25, 0.3) is 11.8 Å². The van der Waals surface area contributed by atoms with Crippen molar-refractivity contribution in [3.8, 4) is 5.75 Å². The minimum Gasteiger partial charge on any atom is -0.480 e. The lowest BCUT2D eigenvalue weighted by Crippen LogP contribution is -2.33. The molecule has 5 nitrogen and oxygen atoms in total. The largest absolute Gasteiger partial charge is 0.480 e. The molecule has 32 heavy (non-hydrogen) atoms. The van der Waals surface area contributed by atoms with Crippen molar-refractivity contribution in [1.29, 1.82) is 0 Å². The Morgan fingerprint density at radius 2 is 1.78 bits per heavy atom. The molecule has 2 aliphatic rings. The highest BCUT2D eigenvalue weighted by Gasteiger charge is 2.33. The van der Waals surface area contributed by atoms with E-state index in [1.807, 2.05) is 41.3 Å². The van der Waals surface area contributed by atoms with E-state index in [-0.39, 0.29) is 17.9 Å². The summed E-state index contributed by atoms with van der Waals surface area (Å²) in [6.45, 7) is 2.65. The predicted octanol–water partition coefficient (Wildman–Crippen LogP) is 4.74. The standard InChI is InChI=1S/C27H26N2O3/c1-18-9-11-19(12-10-18)17-29(23-13-14-23)27(31)21-6-4-7-22(15-21)28-26(30)25-16-20-5-2-3-8-24(20)32-25/h2-12,15,23,25H,13-14,16-17H2,1H3,(H,28,30). The molecule has 1 aliphatic carbocycles. The highest BCUT2D eigenvalue weighted by atomic mass is 16.5. The van der Waals surface area contributed by atoms with Crippen LogP contribution in [0.1, 0.15) is 39.9 Å². The highest BCUT2D eigenvalue weighted by molar-refractivity contribution is 5.99. The van der Waals surface area contributed by atoms with Crippen LogP contribution in [0.25, 0.3) is 0 Å². The lowest BCUT2D eigenvalue weighted by molar-refractivity contribution is -0.122. The van der Waals surface area contributed by atoms with Crippen molar-refractivity contribution in [2.24, 2.45) is 0 Å². The van der Waals surface area contributed by atoms with E-state index < -0.39 is 6.10 Å². The number of benzene rings is 3. The number of hydrogen-bond acceptors (Lipinski definition) is 3. The zero-order valence-electron chi connectivity index (χ0n) is 18.1. The second-order valence-electron chi connectivity index (χ2n) is 8.64. The van der Waals surface area contributed by atoms with Gasteiger partial charge in [-0.05, 0) is 55.2 Å². The van der Waals surface area contributed by atoms with Crippen molar-refractivity contribution in [3.63, 3.8) is 0 Å². The second-order valence-corrected chi connectivity index (χ2v) is 8.64. The van der Waals surface area contributed by atoms with Gasteiger partial charge in [-0.1, -0.05) is 54.1 Å². The average molecular weight is 427 g/mol. The first kappa shape index (κ1) is 20.3. The average Bonchev–Trinajstić information content (AvgIpc) is 3.55. The number of hydrogen-bond donors (Lipinski definition) is 1. The Labute approximate surface area is 188 Å². The molecular formula is C27H26N2O3. The Hall–Kier alpha value is -3.60. The van der Waals surface area contributed by atoms with Gasteiger partial charge in [0, 0.05) is 30.3 Å². The van der Waals surface area contributed by atoms with Crippen molar-refractivity contribution >= 4 is 17.5 Å². The Balaban J connectivity index is 1.28. The van der Waals surface area contributed by atoms with Crippen molar-refractivity contribution in [2.75, 3.05) is 5.32 Å². The molecule has 0 aromatic heterocycles. The van der Waals surface area contributed by atoms with Gasteiger partial charge in [-0.3, -0.25) is 9.59 Å². The van der Waals surface area contributed by atoms with Crippen LogP contribution in [0, 0.1) is 6.92 Å². The van der Waals surface area contributed by atoms with E-state index in [4.69, 9.17) is 4.74 Å². The topological polar surface area (TPSA) is 58.6 Å². The first-order chi connectivity index (χ1) is 15.6. The molecule has 3 aromatic carbocycles. The van der Waals surface area contributed by atoms with Gasteiger partial charge in [-0.15, -0.1) is 0 Å². The normalized spacial score (nSPS) is 16.7. The number of nitrogens with zero attached hydrogens (tertiary/aromatic N) is 1. The number of para-hydroxylation sites is 1. The lowest BCUT2D eigenvalue weighted by atomic mass is 10.1. The molecule has 1 N–H and O–H groups in total. The van der Waals surface area contributed by atoms with E-state index in [1.54, 1.807) is 12.1 Å². The summed E-state index contributed by atoms with van der Waals surface area (Å²) in [5, 5.41) is 2.92. The van der Waals surface area contributed by atoms with E-state index in [0.717, 1.165) is 29.7 Å². The first-order valence-corrected chi connectivity index (χ1v) is 11.1. The van der Waals surface area contributed by atoms with Crippen LogP contribution in [0.15, 0.2) is 72.8 Å². The van der Waals surface area contributed by atoms with E-state index in [9.17, 15) is 9.59 Å². The van der Waals surface area contributed by atoms with E-state index in [2.05, 4.69) is 36.5 Å². The van der Waals surface area contributed by atoms with Gasteiger partial charge in [-0.2, -0.15) is 0 Å². The molecule has 1 atom stereocenters. The summed E-state index contributed by atoms with van der Waals surface area (Å²) in [4.78, 5) is 28.0. The maximum atomic E-state index is 13.3. The quantitative estimate of drug-likeness (QED) is 0.619. The van der Waals surface area contributed by atoms with E-state index in [0.29, 0.717) is 24.2 Å². The monoisotopic (exact) mass is 426 g/mol. The number of rotatable bonds is 6. The number of carbonyl (C=O) groups excluding carboxylic acids is 2. The fourth-order valence-corrected chi connectivity index (χ4v) is 4.09. The Bertz CT molecular complexity index is 1130. The van der Waals surface area contributed by atoms with Gasteiger partial charge in [-0.25, -0.2) is 0 Å². The van der Waals surface area contributed by atoms with Gasteiger partial charge < -0.3 is 15.0 Å². The van der Waals surface area contributed by atoms with Crippen LogP contribution in [0.2, 0.25) is 0 Å². The maximum Gasteiger partial charge on any atom is 0.265 e. The van der Waals surface area contributed by atoms with E-state index >= 15 is 0 Å². The van der Waals surface area contributed by atoms with Gasteiger partial charge in [0.05, 0.1) is 0 Å².